The summed E-state index contributed by atoms with van der Waals surface area (Å²) in [6.07, 6.45) is 1.71. The van der Waals surface area contributed by atoms with E-state index in [0.29, 0.717) is 11.0 Å². The van der Waals surface area contributed by atoms with Gasteiger partial charge in [-0.25, -0.2) is 19.7 Å². The van der Waals surface area contributed by atoms with Crippen LogP contribution in [0.15, 0.2) is 35.8 Å². The van der Waals surface area contributed by atoms with Gasteiger partial charge in [0.15, 0.2) is 11.5 Å². The maximum absolute atomic E-state index is 11.4. The second-order valence-electron chi connectivity index (χ2n) is 4.45. The first-order valence-electron chi connectivity index (χ1n) is 6.31. The van der Waals surface area contributed by atoms with Crippen LogP contribution >= 0.6 is 11.3 Å². The largest absolute Gasteiger partial charge is 0.476 e. The number of fused-ring (bicyclic) bond motifs is 1. The van der Waals surface area contributed by atoms with Gasteiger partial charge < -0.3 is 10.4 Å². The van der Waals surface area contributed by atoms with E-state index >= 15 is 0 Å². The molecule has 0 aliphatic carbocycles. The van der Waals surface area contributed by atoms with Gasteiger partial charge in [-0.15, -0.1) is 11.3 Å². The third-order valence-corrected chi connectivity index (χ3v) is 3.91. The number of thiazole rings is 1. The summed E-state index contributed by atoms with van der Waals surface area (Å²) in [4.78, 5) is 24.1. The van der Waals surface area contributed by atoms with Crippen molar-refractivity contribution < 1.29 is 9.90 Å². The molecule has 7 heteroatoms. The van der Waals surface area contributed by atoms with Crippen LogP contribution in [0.1, 0.15) is 28.5 Å². The number of aromatic carboxylic acids is 1. The number of carboxylic acid groups (broad SMARTS) is 1. The minimum atomic E-state index is -1.11. The van der Waals surface area contributed by atoms with Gasteiger partial charge in [-0.1, -0.05) is 12.1 Å². The molecular formula is C14H12N4O2S. The van der Waals surface area contributed by atoms with Gasteiger partial charge in [0.2, 0.25) is 0 Å². The van der Waals surface area contributed by atoms with Crippen LogP contribution in [-0.4, -0.2) is 26.0 Å². The van der Waals surface area contributed by atoms with E-state index in [4.69, 9.17) is 0 Å². The Morgan fingerprint density at radius 2 is 2.00 bits per heavy atom. The SMILES string of the molecule is CC(Nc1nc2ccccc2nc1C(=O)O)c1nccs1. The first-order valence-corrected chi connectivity index (χ1v) is 7.19. The van der Waals surface area contributed by atoms with Crippen LogP contribution < -0.4 is 5.32 Å². The molecule has 1 unspecified atom stereocenters. The average Bonchev–Trinajstić information content (AvgIpc) is 3.00. The van der Waals surface area contributed by atoms with Gasteiger partial charge in [0.25, 0.3) is 0 Å². The van der Waals surface area contributed by atoms with Crippen LogP contribution in [0, 0.1) is 0 Å². The van der Waals surface area contributed by atoms with Crippen molar-refractivity contribution in [1.82, 2.24) is 15.0 Å². The molecular weight excluding hydrogens is 288 g/mol. The van der Waals surface area contributed by atoms with Crippen LogP contribution in [0.3, 0.4) is 0 Å². The van der Waals surface area contributed by atoms with Crippen molar-refractivity contribution in [2.75, 3.05) is 5.32 Å². The summed E-state index contributed by atoms with van der Waals surface area (Å²) in [7, 11) is 0. The van der Waals surface area contributed by atoms with E-state index < -0.39 is 5.97 Å². The molecule has 3 aromatic rings. The molecule has 2 aromatic heterocycles. The maximum atomic E-state index is 11.4. The van der Waals surface area contributed by atoms with Crippen molar-refractivity contribution in [1.29, 1.82) is 0 Å². The molecule has 0 amide bonds. The van der Waals surface area contributed by atoms with Crippen molar-refractivity contribution in [3.8, 4) is 0 Å². The summed E-state index contributed by atoms with van der Waals surface area (Å²) in [5, 5.41) is 15.1. The summed E-state index contributed by atoms with van der Waals surface area (Å²) < 4.78 is 0. The van der Waals surface area contributed by atoms with Gasteiger partial charge in [-0.3, -0.25) is 0 Å². The first kappa shape index (κ1) is 13.4. The second kappa shape index (κ2) is 5.45. The van der Waals surface area contributed by atoms with Gasteiger partial charge >= 0.3 is 5.97 Å². The Labute approximate surface area is 124 Å². The molecule has 0 saturated carbocycles. The minimum Gasteiger partial charge on any atom is -0.476 e. The average molecular weight is 300 g/mol. The third-order valence-electron chi connectivity index (χ3n) is 2.95. The summed E-state index contributed by atoms with van der Waals surface area (Å²) in [5.41, 5.74) is 1.12. The normalized spacial score (nSPS) is 12.2. The number of benzene rings is 1. The minimum absolute atomic E-state index is 0.0860. The number of anilines is 1. The van der Waals surface area contributed by atoms with E-state index in [1.54, 1.807) is 24.4 Å². The first-order chi connectivity index (χ1) is 10.1. The maximum Gasteiger partial charge on any atom is 0.358 e. The molecule has 0 spiro atoms. The molecule has 0 radical (unpaired) electrons. The molecule has 0 aliphatic rings. The zero-order valence-corrected chi connectivity index (χ0v) is 12.0. The Morgan fingerprint density at radius 1 is 1.29 bits per heavy atom. The molecule has 2 N–H and O–H groups in total. The summed E-state index contributed by atoms with van der Waals surface area (Å²) in [6, 6.07) is 7.04. The van der Waals surface area contributed by atoms with E-state index in [1.807, 2.05) is 18.4 Å². The number of carboxylic acids is 1. The number of hydrogen-bond acceptors (Lipinski definition) is 6. The topological polar surface area (TPSA) is 88.0 Å². The van der Waals surface area contributed by atoms with Gasteiger partial charge in [-0.05, 0) is 19.1 Å². The molecule has 0 bridgehead atoms. The second-order valence-corrected chi connectivity index (χ2v) is 5.38. The quantitative estimate of drug-likeness (QED) is 0.770. The van der Waals surface area contributed by atoms with Crippen molar-refractivity contribution in [3.05, 3.63) is 46.5 Å². The lowest BCUT2D eigenvalue weighted by molar-refractivity contribution is 0.0691. The molecule has 21 heavy (non-hydrogen) atoms. The number of rotatable bonds is 4. The number of aromatic nitrogens is 3. The van der Waals surface area contributed by atoms with Crippen LogP contribution in [0.5, 0.6) is 0 Å². The number of carbonyl (C=O) groups is 1. The highest BCUT2D eigenvalue weighted by Gasteiger charge is 2.18. The fourth-order valence-electron chi connectivity index (χ4n) is 1.96. The Hall–Kier alpha value is -2.54. The van der Waals surface area contributed by atoms with E-state index in [0.717, 1.165) is 5.01 Å². The van der Waals surface area contributed by atoms with Crippen LogP contribution in [-0.2, 0) is 0 Å². The van der Waals surface area contributed by atoms with Crippen molar-refractivity contribution in [3.63, 3.8) is 0 Å². The zero-order valence-electron chi connectivity index (χ0n) is 11.1. The predicted molar refractivity (Wildman–Crippen MR) is 80.6 cm³/mol. The van der Waals surface area contributed by atoms with E-state index in [-0.39, 0.29) is 17.6 Å². The van der Waals surface area contributed by atoms with Crippen LogP contribution in [0.2, 0.25) is 0 Å². The molecule has 106 valence electrons. The molecule has 0 saturated heterocycles. The highest BCUT2D eigenvalue weighted by atomic mass is 32.1. The van der Waals surface area contributed by atoms with Crippen LogP contribution in [0.25, 0.3) is 11.0 Å². The molecule has 0 fully saturated rings. The molecule has 3 rings (SSSR count). The lowest BCUT2D eigenvalue weighted by Gasteiger charge is -2.14. The summed E-state index contributed by atoms with van der Waals surface area (Å²) in [5.74, 6) is -0.856. The monoisotopic (exact) mass is 300 g/mol. The number of para-hydroxylation sites is 2. The molecule has 6 nitrogen and oxygen atoms in total. The predicted octanol–water partition coefficient (Wildman–Crippen LogP) is 2.96. The number of nitrogens with one attached hydrogen (secondary N) is 1. The lowest BCUT2D eigenvalue weighted by atomic mass is 10.2. The Morgan fingerprint density at radius 3 is 2.62 bits per heavy atom. The molecule has 2 heterocycles. The van der Waals surface area contributed by atoms with Crippen molar-refractivity contribution in [2.24, 2.45) is 0 Å². The van der Waals surface area contributed by atoms with Gasteiger partial charge in [-0.2, -0.15) is 0 Å². The smallest absolute Gasteiger partial charge is 0.358 e. The summed E-state index contributed by atoms with van der Waals surface area (Å²) in [6.45, 7) is 1.90. The number of nitrogens with zero attached hydrogens (tertiary/aromatic N) is 3. The Bertz CT molecular complexity index is 789. The van der Waals surface area contributed by atoms with Crippen molar-refractivity contribution in [2.45, 2.75) is 13.0 Å². The molecule has 1 atom stereocenters. The van der Waals surface area contributed by atoms with Gasteiger partial charge in [0, 0.05) is 11.6 Å². The lowest BCUT2D eigenvalue weighted by Crippen LogP contribution is -2.14. The van der Waals surface area contributed by atoms with Crippen LogP contribution in [0.4, 0.5) is 5.82 Å². The van der Waals surface area contributed by atoms with E-state index in [9.17, 15) is 9.90 Å². The number of hydrogen-bond donors (Lipinski definition) is 2. The van der Waals surface area contributed by atoms with Gasteiger partial charge in [0.1, 0.15) is 5.01 Å². The highest BCUT2D eigenvalue weighted by Crippen LogP contribution is 2.23. The van der Waals surface area contributed by atoms with Crippen molar-refractivity contribution >= 4 is 34.2 Å². The fraction of sp³-hybridized carbons (Fsp3) is 0.143. The molecule has 0 aliphatic heterocycles. The molecule has 1 aromatic carbocycles. The van der Waals surface area contributed by atoms with Gasteiger partial charge in [0.05, 0.1) is 17.1 Å². The standard InChI is InChI=1S/C14H12N4O2S/c1-8(13-15-6-7-21-13)16-12-11(14(19)20)17-9-4-2-3-5-10(9)18-12/h2-8H,1H3,(H,16,18)(H,19,20). The highest BCUT2D eigenvalue weighted by molar-refractivity contribution is 7.09. The van der Waals surface area contributed by atoms with E-state index in [1.165, 1.54) is 11.3 Å². The summed E-state index contributed by atoms with van der Waals surface area (Å²) >= 11 is 1.50. The fourth-order valence-corrected chi connectivity index (χ4v) is 2.61. The zero-order chi connectivity index (χ0) is 14.8. The third kappa shape index (κ3) is 2.68. The van der Waals surface area contributed by atoms with E-state index in [2.05, 4.69) is 20.3 Å². The Kier molecular flexibility index (Phi) is 3.49. The Balaban J connectivity index is 2.03.